The number of hydrogen-bond donors (Lipinski definition) is 2. The van der Waals surface area contributed by atoms with Crippen LogP contribution in [0.2, 0.25) is 0 Å². The van der Waals surface area contributed by atoms with Gasteiger partial charge in [0.15, 0.2) is 0 Å². The summed E-state index contributed by atoms with van der Waals surface area (Å²) in [5.41, 5.74) is 6.29. The van der Waals surface area contributed by atoms with Crippen molar-refractivity contribution in [3.05, 3.63) is 35.9 Å². The predicted molar refractivity (Wildman–Crippen MR) is 70.0 cm³/mol. The minimum absolute atomic E-state index is 0.0136. The first-order valence-corrected chi connectivity index (χ1v) is 6.38. The van der Waals surface area contributed by atoms with E-state index in [-0.39, 0.29) is 11.9 Å². The van der Waals surface area contributed by atoms with Gasteiger partial charge in [0, 0.05) is 6.61 Å². The lowest BCUT2D eigenvalue weighted by Gasteiger charge is -2.25. The summed E-state index contributed by atoms with van der Waals surface area (Å²) in [5.74, 6) is -0.115. The normalized spacial score (nSPS) is 24.8. The average molecular weight is 248 g/mol. The quantitative estimate of drug-likeness (QED) is 0.846. The van der Waals surface area contributed by atoms with Gasteiger partial charge in [-0.25, -0.2) is 0 Å². The molecule has 0 saturated carbocycles. The summed E-state index contributed by atoms with van der Waals surface area (Å²) in [6.45, 7) is 2.92. The molecule has 0 aromatic heterocycles. The molecule has 0 bridgehead atoms. The molecule has 0 spiro atoms. The van der Waals surface area contributed by atoms with Crippen LogP contribution in [0.4, 0.5) is 0 Å². The average Bonchev–Trinajstić information content (AvgIpc) is 2.85. The standard InChI is InChI=1S/C14H20N2O2/c1-2-12(11-6-4-3-5-7-11)16-13(17)14(15)8-9-18-10-14/h3-7,12H,2,8-10,15H2,1H3,(H,16,17). The first kappa shape index (κ1) is 13.1. The fraction of sp³-hybridized carbons (Fsp3) is 0.500. The summed E-state index contributed by atoms with van der Waals surface area (Å²) in [5, 5.41) is 3.02. The second-order valence-corrected chi connectivity index (χ2v) is 4.80. The molecule has 1 amide bonds. The third kappa shape index (κ3) is 2.71. The van der Waals surface area contributed by atoms with E-state index in [9.17, 15) is 4.79 Å². The van der Waals surface area contributed by atoms with Crippen molar-refractivity contribution in [2.75, 3.05) is 13.2 Å². The number of nitrogens with two attached hydrogens (primary N) is 1. The molecule has 2 atom stereocenters. The van der Waals surface area contributed by atoms with Gasteiger partial charge in [-0.05, 0) is 18.4 Å². The van der Waals surface area contributed by atoms with Gasteiger partial charge in [-0.3, -0.25) is 4.79 Å². The summed E-state index contributed by atoms with van der Waals surface area (Å²) in [6.07, 6.45) is 1.43. The van der Waals surface area contributed by atoms with E-state index >= 15 is 0 Å². The van der Waals surface area contributed by atoms with Gasteiger partial charge in [-0.2, -0.15) is 0 Å². The van der Waals surface area contributed by atoms with Crippen molar-refractivity contribution in [1.82, 2.24) is 5.32 Å². The Bertz CT molecular complexity index is 400. The molecule has 4 nitrogen and oxygen atoms in total. The second-order valence-electron chi connectivity index (χ2n) is 4.80. The molecule has 2 rings (SSSR count). The zero-order valence-electron chi connectivity index (χ0n) is 10.7. The first-order valence-electron chi connectivity index (χ1n) is 6.38. The Morgan fingerprint density at radius 3 is 2.78 bits per heavy atom. The van der Waals surface area contributed by atoms with Gasteiger partial charge < -0.3 is 15.8 Å². The Balaban J connectivity index is 2.05. The van der Waals surface area contributed by atoms with Gasteiger partial charge in [-0.1, -0.05) is 37.3 Å². The summed E-state index contributed by atoms with van der Waals surface area (Å²) >= 11 is 0. The molecule has 1 aromatic carbocycles. The summed E-state index contributed by atoms with van der Waals surface area (Å²) in [4.78, 5) is 12.2. The molecule has 1 fully saturated rings. The smallest absolute Gasteiger partial charge is 0.243 e. The number of rotatable bonds is 4. The number of hydrogen-bond acceptors (Lipinski definition) is 3. The molecule has 3 N–H and O–H groups in total. The van der Waals surface area contributed by atoms with Crippen LogP contribution in [-0.2, 0) is 9.53 Å². The molecule has 4 heteroatoms. The minimum atomic E-state index is -0.859. The number of amides is 1. The lowest BCUT2D eigenvalue weighted by Crippen LogP contribution is -2.55. The van der Waals surface area contributed by atoms with E-state index in [0.29, 0.717) is 19.6 Å². The molecule has 0 radical (unpaired) electrons. The molecular weight excluding hydrogens is 228 g/mol. The Morgan fingerprint density at radius 2 is 2.22 bits per heavy atom. The van der Waals surface area contributed by atoms with Crippen molar-refractivity contribution in [3.63, 3.8) is 0 Å². The van der Waals surface area contributed by atoms with E-state index < -0.39 is 5.54 Å². The molecule has 1 saturated heterocycles. The van der Waals surface area contributed by atoms with Crippen LogP contribution in [0.15, 0.2) is 30.3 Å². The number of benzene rings is 1. The van der Waals surface area contributed by atoms with E-state index in [0.717, 1.165) is 12.0 Å². The second kappa shape index (κ2) is 5.50. The topological polar surface area (TPSA) is 64.4 Å². The van der Waals surface area contributed by atoms with E-state index in [1.165, 1.54) is 0 Å². The number of carbonyl (C=O) groups is 1. The van der Waals surface area contributed by atoms with Crippen molar-refractivity contribution in [2.45, 2.75) is 31.3 Å². The van der Waals surface area contributed by atoms with Crippen LogP contribution in [0.1, 0.15) is 31.4 Å². The molecule has 1 heterocycles. The Kier molecular flexibility index (Phi) is 3.99. The van der Waals surface area contributed by atoms with Gasteiger partial charge in [0.2, 0.25) is 5.91 Å². The summed E-state index contributed by atoms with van der Waals surface area (Å²) in [7, 11) is 0. The number of nitrogens with one attached hydrogen (secondary N) is 1. The van der Waals surface area contributed by atoms with Crippen LogP contribution in [0.5, 0.6) is 0 Å². The fourth-order valence-corrected chi connectivity index (χ4v) is 2.17. The van der Waals surface area contributed by atoms with Crippen LogP contribution in [0.25, 0.3) is 0 Å². The molecule has 1 aromatic rings. The first-order chi connectivity index (χ1) is 8.65. The predicted octanol–water partition coefficient (Wildman–Crippen LogP) is 1.37. The molecule has 0 aliphatic carbocycles. The lowest BCUT2D eigenvalue weighted by atomic mass is 9.97. The molecule has 2 unspecified atom stereocenters. The third-order valence-electron chi connectivity index (χ3n) is 3.42. The fourth-order valence-electron chi connectivity index (χ4n) is 2.17. The highest BCUT2D eigenvalue weighted by Crippen LogP contribution is 2.20. The SMILES string of the molecule is CCC(NC(=O)C1(N)CCOC1)c1ccccc1. The minimum Gasteiger partial charge on any atom is -0.379 e. The zero-order chi connectivity index (χ0) is 13.0. The highest BCUT2D eigenvalue weighted by Gasteiger charge is 2.38. The van der Waals surface area contributed by atoms with Crippen LogP contribution in [0.3, 0.4) is 0 Å². The molecule has 18 heavy (non-hydrogen) atoms. The van der Waals surface area contributed by atoms with Gasteiger partial charge in [-0.15, -0.1) is 0 Å². The zero-order valence-corrected chi connectivity index (χ0v) is 10.7. The maximum Gasteiger partial charge on any atom is 0.243 e. The molecule has 1 aliphatic rings. The number of carbonyl (C=O) groups excluding carboxylic acids is 1. The Morgan fingerprint density at radius 1 is 1.50 bits per heavy atom. The summed E-state index contributed by atoms with van der Waals surface area (Å²) < 4.78 is 5.22. The maximum atomic E-state index is 12.2. The van der Waals surface area contributed by atoms with Crippen LogP contribution >= 0.6 is 0 Å². The van der Waals surface area contributed by atoms with Gasteiger partial charge in [0.1, 0.15) is 5.54 Å². The Hall–Kier alpha value is -1.39. The van der Waals surface area contributed by atoms with E-state index in [4.69, 9.17) is 10.5 Å². The third-order valence-corrected chi connectivity index (χ3v) is 3.42. The molecule has 98 valence electrons. The highest BCUT2D eigenvalue weighted by molar-refractivity contribution is 5.86. The highest BCUT2D eigenvalue weighted by atomic mass is 16.5. The number of ether oxygens (including phenoxy) is 1. The van der Waals surface area contributed by atoms with E-state index in [1.807, 2.05) is 37.3 Å². The lowest BCUT2D eigenvalue weighted by molar-refractivity contribution is -0.127. The van der Waals surface area contributed by atoms with Crippen molar-refractivity contribution in [2.24, 2.45) is 5.73 Å². The van der Waals surface area contributed by atoms with Crippen LogP contribution in [0, 0.1) is 0 Å². The van der Waals surface area contributed by atoms with Crippen molar-refractivity contribution in [1.29, 1.82) is 0 Å². The largest absolute Gasteiger partial charge is 0.379 e. The van der Waals surface area contributed by atoms with Crippen molar-refractivity contribution in [3.8, 4) is 0 Å². The van der Waals surface area contributed by atoms with Gasteiger partial charge in [0.05, 0.1) is 12.6 Å². The van der Waals surface area contributed by atoms with E-state index in [1.54, 1.807) is 0 Å². The monoisotopic (exact) mass is 248 g/mol. The van der Waals surface area contributed by atoms with Crippen molar-refractivity contribution >= 4 is 5.91 Å². The maximum absolute atomic E-state index is 12.2. The van der Waals surface area contributed by atoms with E-state index in [2.05, 4.69) is 5.32 Å². The summed E-state index contributed by atoms with van der Waals surface area (Å²) in [6, 6.07) is 9.96. The van der Waals surface area contributed by atoms with Gasteiger partial charge >= 0.3 is 0 Å². The molecular formula is C14H20N2O2. The van der Waals surface area contributed by atoms with Crippen LogP contribution < -0.4 is 11.1 Å². The van der Waals surface area contributed by atoms with Crippen LogP contribution in [-0.4, -0.2) is 24.7 Å². The van der Waals surface area contributed by atoms with Gasteiger partial charge in [0.25, 0.3) is 0 Å². The molecule has 1 aliphatic heterocycles. The van der Waals surface area contributed by atoms with Crippen molar-refractivity contribution < 1.29 is 9.53 Å². The Labute approximate surface area is 108 Å².